The fourth-order valence-electron chi connectivity index (χ4n) is 4.05. The first-order valence-corrected chi connectivity index (χ1v) is 10.9. The van der Waals surface area contributed by atoms with Crippen LogP contribution in [0.2, 0.25) is 0 Å². The highest BCUT2D eigenvalue weighted by Crippen LogP contribution is 2.27. The number of fused-ring (bicyclic) bond motifs is 1. The van der Waals surface area contributed by atoms with Gasteiger partial charge in [0.2, 0.25) is 5.89 Å². The van der Waals surface area contributed by atoms with Gasteiger partial charge in [-0.1, -0.05) is 6.07 Å². The van der Waals surface area contributed by atoms with Gasteiger partial charge in [0.15, 0.2) is 6.10 Å². The summed E-state index contributed by atoms with van der Waals surface area (Å²) < 4.78 is 27.0. The number of halogens is 1. The highest BCUT2D eigenvalue weighted by molar-refractivity contribution is 5.85. The van der Waals surface area contributed by atoms with E-state index >= 15 is 0 Å². The number of hydrogen-bond acceptors (Lipinski definition) is 4. The SMILES string of the molecule is CCOC(Cc1ccc2c(c1)c(C)cn2Cc1nc(-c2ccc(F)c(C)c2)oc1C)C(=O)O. The second kappa shape index (κ2) is 9.19. The molecule has 0 spiro atoms. The Hall–Kier alpha value is -3.45. The molecule has 0 aliphatic rings. The Labute approximate surface area is 191 Å². The van der Waals surface area contributed by atoms with Crippen LogP contribution in [-0.4, -0.2) is 33.3 Å². The number of carboxylic acids is 1. The molecule has 6 nitrogen and oxygen atoms in total. The quantitative estimate of drug-likeness (QED) is 0.387. The maximum absolute atomic E-state index is 13.6. The van der Waals surface area contributed by atoms with Gasteiger partial charge in [0.05, 0.1) is 6.54 Å². The Morgan fingerprint density at radius 2 is 1.97 bits per heavy atom. The van der Waals surface area contributed by atoms with Gasteiger partial charge in [0.25, 0.3) is 0 Å². The molecular formula is C26H27FN2O4. The van der Waals surface area contributed by atoms with E-state index in [0.717, 1.165) is 33.3 Å². The number of oxazole rings is 1. The minimum absolute atomic E-state index is 0.258. The van der Waals surface area contributed by atoms with Gasteiger partial charge >= 0.3 is 5.97 Å². The van der Waals surface area contributed by atoms with Crippen LogP contribution >= 0.6 is 0 Å². The Morgan fingerprint density at radius 3 is 2.67 bits per heavy atom. The van der Waals surface area contributed by atoms with E-state index in [9.17, 15) is 14.3 Å². The Kier molecular flexibility index (Phi) is 6.33. The molecule has 7 heteroatoms. The summed E-state index contributed by atoms with van der Waals surface area (Å²) in [4.78, 5) is 16.1. The summed E-state index contributed by atoms with van der Waals surface area (Å²) in [5.41, 5.74) is 5.11. The van der Waals surface area contributed by atoms with E-state index in [-0.39, 0.29) is 5.82 Å². The Morgan fingerprint density at radius 1 is 1.18 bits per heavy atom. The van der Waals surface area contributed by atoms with E-state index in [1.165, 1.54) is 6.07 Å². The monoisotopic (exact) mass is 450 g/mol. The van der Waals surface area contributed by atoms with E-state index in [1.54, 1.807) is 26.0 Å². The summed E-state index contributed by atoms with van der Waals surface area (Å²) in [6.45, 7) is 8.28. The molecule has 2 aromatic heterocycles. The van der Waals surface area contributed by atoms with E-state index in [0.29, 0.717) is 36.8 Å². The number of hydrogen-bond donors (Lipinski definition) is 1. The summed E-state index contributed by atoms with van der Waals surface area (Å²) in [5.74, 6) is -0.0347. The third-order valence-corrected chi connectivity index (χ3v) is 5.83. The summed E-state index contributed by atoms with van der Waals surface area (Å²) in [5, 5.41) is 10.4. The summed E-state index contributed by atoms with van der Waals surface area (Å²) in [6, 6.07) is 10.8. The van der Waals surface area contributed by atoms with Crippen LogP contribution in [0.4, 0.5) is 4.39 Å². The number of aromatic nitrogens is 2. The Balaban J connectivity index is 1.61. The second-order valence-electron chi connectivity index (χ2n) is 8.26. The summed E-state index contributed by atoms with van der Waals surface area (Å²) >= 11 is 0. The van der Waals surface area contributed by atoms with Crippen molar-refractivity contribution in [3.05, 3.63) is 76.6 Å². The highest BCUT2D eigenvalue weighted by atomic mass is 19.1. The molecule has 0 amide bonds. The van der Waals surface area contributed by atoms with Crippen LogP contribution in [0.5, 0.6) is 0 Å². The lowest BCUT2D eigenvalue weighted by Gasteiger charge is -2.12. The first kappa shape index (κ1) is 22.7. The zero-order valence-electron chi connectivity index (χ0n) is 19.2. The van der Waals surface area contributed by atoms with Gasteiger partial charge in [-0.3, -0.25) is 0 Å². The number of carboxylic acid groups (broad SMARTS) is 1. The van der Waals surface area contributed by atoms with E-state index in [4.69, 9.17) is 9.15 Å². The zero-order valence-corrected chi connectivity index (χ0v) is 19.2. The molecule has 1 atom stereocenters. The standard InChI is InChI=1S/C26H27FN2O4/c1-5-32-24(26(30)31)12-18-6-9-23-20(11-18)16(3)13-29(23)14-22-17(4)33-25(28-22)19-7-8-21(27)15(2)10-19/h6-11,13,24H,5,12,14H2,1-4H3,(H,30,31). The fourth-order valence-corrected chi connectivity index (χ4v) is 4.05. The molecule has 0 fully saturated rings. The van der Waals surface area contributed by atoms with Crippen molar-refractivity contribution in [1.29, 1.82) is 0 Å². The average molecular weight is 451 g/mol. The van der Waals surface area contributed by atoms with E-state index in [1.807, 2.05) is 32.0 Å². The molecule has 0 saturated heterocycles. The third-order valence-electron chi connectivity index (χ3n) is 5.83. The molecular weight excluding hydrogens is 423 g/mol. The number of rotatable bonds is 8. The smallest absolute Gasteiger partial charge is 0.333 e. The van der Waals surface area contributed by atoms with Crippen molar-refractivity contribution < 1.29 is 23.4 Å². The van der Waals surface area contributed by atoms with Crippen LogP contribution < -0.4 is 0 Å². The lowest BCUT2D eigenvalue weighted by atomic mass is 10.0. The molecule has 0 saturated carbocycles. The summed E-state index contributed by atoms with van der Waals surface area (Å²) in [7, 11) is 0. The number of aliphatic carboxylic acids is 1. The first-order chi connectivity index (χ1) is 15.8. The summed E-state index contributed by atoms with van der Waals surface area (Å²) in [6.07, 6.45) is 1.51. The predicted molar refractivity (Wildman–Crippen MR) is 124 cm³/mol. The van der Waals surface area contributed by atoms with Gasteiger partial charge < -0.3 is 18.8 Å². The van der Waals surface area contributed by atoms with Crippen LogP contribution in [0.3, 0.4) is 0 Å². The number of aryl methyl sites for hydroxylation is 3. The molecule has 2 heterocycles. The molecule has 0 aliphatic carbocycles. The van der Waals surface area contributed by atoms with Crippen molar-refractivity contribution in [2.75, 3.05) is 6.61 Å². The average Bonchev–Trinajstić information content (AvgIpc) is 3.29. The van der Waals surface area contributed by atoms with Crippen molar-refractivity contribution in [1.82, 2.24) is 9.55 Å². The van der Waals surface area contributed by atoms with Crippen molar-refractivity contribution >= 4 is 16.9 Å². The normalized spacial score (nSPS) is 12.4. The fraction of sp³-hybridized carbons (Fsp3) is 0.308. The van der Waals surface area contributed by atoms with Crippen molar-refractivity contribution in [2.24, 2.45) is 0 Å². The van der Waals surface area contributed by atoms with Gasteiger partial charge in [0.1, 0.15) is 17.3 Å². The molecule has 4 aromatic rings. The molecule has 33 heavy (non-hydrogen) atoms. The predicted octanol–water partition coefficient (Wildman–Crippen LogP) is 5.44. The van der Waals surface area contributed by atoms with Crippen LogP contribution in [0.25, 0.3) is 22.4 Å². The Bertz CT molecular complexity index is 1320. The third kappa shape index (κ3) is 4.68. The van der Waals surface area contributed by atoms with Gasteiger partial charge in [-0.25, -0.2) is 14.2 Å². The lowest BCUT2D eigenvalue weighted by Crippen LogP contribution is -2.26. The minimum Gasteiger partial charge on any atom is -0.479 e. The zero-order chi connectivity index (χ0) is 23.7. The second-order valence-corrected chi connectivity index (χ2v) is 8.26. The van der Waals surface area contributed by atoms with Gasteiger partial charge in [-0.15, -0.1) is 0 Å². The first-order valence-electron chi connectivity index (χ1n) is 10.9. The molecule has 1 unspecified atom stereocenters. The van der Waals surface area contributed by atoms with Crippen molar-refractivity contribution in [3.63, 3.8) is 0 Å². The van der Waals surface area contributed by atoms with Gasteiger partial charge in [-0.05, 0) is 74.7 Å². The number of ether oxygens (including phenoxy) is 1. The van der Waals surface area contributed by atoms with Gasteiger partial charge in [-0.2, -0.15) is 0 Å². The maximum Gasteiger partial charge on any atom is 0.333 e. The molecule has 172 valence electrons. The molecule has 0 bridgehead atoms. The molecule has 4 rings (SSSR count). The maximum atomic E-state index is 13.6. The topological polar surface area (TPSA) is 77.5 Å². The highest BCUT2D eigenvalue weighted by Gasteiger charge is 2.19. The lowest BCUT2D eigenvalue weighted by molar-refractivity contribution is -0.149. The molecule has 0 radical (unpaired) electrons. The number of benzene rings is 2. The molecule has 0 aliphatic heterocycles. The van der Waals surface area contributed by atoms with Crippen LogP contribution in [0, 0.1) is 26.6 Å². The number of carbonyl (C=O) groups is 1. The van der Waals surface area contributed by atoms with Crippen LogP contribution in [0.1, 0.15) is 35.1 Å². The van der Waals surface area contributed by atoms with E-state index < -0.39 is 12.1 Å². The van der Waals surface area contributed by atoms with Gasteiger partial charge in [0, 0.05) is 35.7 Å². The van der Waals surface area contributed by atoms with Crippen LogP contribution in [0.15, 0.2) is 47.0 Å². The van der Waals surface area contributed by atoms with Crippen molar-refractivity contribution in [3.8, 4) is 11.5 Å². The van der Waals surface area contributed by atoms with E-state index in [2.05, 4.69) is 15.7 Å². The number of nitrogens with zero attached hydrogens (tertiary/aromatic N) is 2. The van der Waals surface area contributed by atoms with Crippen molar-refractivity contribution in [2.45, 2.75) is 46.8 Å². The minimum atomic E-state index is -0.958. The molecule has 1 N–H and O–H groups in total. The van der Waals surface area contributed by atoms with Crippen LogP contribution in [-0.2, 0) is 22.5 Å². The largest absolute Gasteiger partial charge is 0.479 e. The molecule has 2 aromatic carbocycles.